The molecule has 0 saturated heterocycles. The molecular weight excluding hydrogens is 751 g/mol. The van der Waals surface area contributed by atoms with Crippen LogP contribution in [0.15, 0.2) is 176 Å². The van der Waals surface area contributed by atoms with Crippen molar-refractivity contribution in [3.05, 3.63) is 187 Å². The van der Waals surface area contributed by atoms with Gasteiger partial charge in [0.05, 0.1) is 0 Å². The summed E-state index contributed by atoms with van der Waals surface area (Å²) in [4.78, 5) is 15.0. The first-order valence-corrected chi connectivity index (χ1v) is 22.7. The van der Waals surface area contributed by atoms with E-state index in [1.807, 2.05) is 36.4 Å². The summed E-state index contributed by atoms with van der Waals surface area (Å²) < 4.78 is 0. The molecule has 1 aromatic heterocycles. The molecule has 1 spiro atoms. The SMILES string of the molecule is CCC1CC2CC(C)C3(c4cc5ccccc5cc4-c4c3ccc3c(-c5cccc(-c6cccc(-c7nc(-c8ccccc8)nc(-c8ccccc8)n7)c6)c5)cccc43)C(C1)C2. The van der Waals surface area contributed by atoms with Crippen LogP contribution in [0.5, 0.6) is 0 Å². The third-order valence-corrected chi connectivity index (χ3v) is 15.0. The second kappa shape index (κ2) is 14.7. The molecule has 3 heteroatoms. The van der Waals surface area contributed by atoms with E-state index in [1.165, 1.54) is 75.9 Å². The third kappa shape index (κ3) is 5.89. The lowest BCUT2D eigenvalue weighted by atomic mass is 9.49. The van der Waals surface area contributed by atoms with E-state index in [4.69, 9.17) is 15.0 Å². The van der Waals surface area contributed by atoms with Crippen molar-refractivity contribution in [2.45, 2.75) is 51.4 Å². The fourth-order valence-electron chi connectivity index (χ4n) is 12.3. The molecular formula is C59H49N3. The minimum absolute atomic E-state index is 0.0381. The minimum atomic E-state index is 0.0381. The largest absolute Gasteiger partial charge is 0.208 e. The molecule has 0 amide bonds. The number of rotatable bonds is 6. The predicted molar refractivity (Wildman–Crippen MR) is 257 cm³/mol. The molecule has 0 radical (unpaired) electrons. The van der Waals surface area contributed by atoms with Gasteiger partial charge in [0.25, 0.3) is 0 Å². The summed E-state index contributed by atoms with van der Waals surface area (Å²) in [5.41, 5.74) is 13.8. The van der Waals surface area contributed by atoms with Crippen LogP contribution in [-0.4, -0.2) is 15.0 Å². The second-order valence-corrected chi connectivity index (χ2v) is 18.4. The van der Waals surface area contributed by atoms with E-state index in [2.05, 4.69) is 153 Å². The Morgan fingerprint density at radius 2 is 1.03 bits per heavy atom. The summed E-state index contributed by atoms with van der Waals surface area (Å²) in [6, 6.07) is 64.3. The monoisotopic (exact) mass is 799 g/mol. The van der Waals surface area contributed by atoms with Crippen molar-refractivity contribution in [1.29, 1.82) is 0 Å². The van der Waals surface area contributed by atoms with Crippen molar-refractivity contribution in [3.8, 4) is 67.5 Å². The van der Waals surface area contributed by atoms with Gasteiger partial charge in [0.2, 0.25) is 0 Å². The molecule has 12 rings (SSSR count). The highest BCUT2D eigenvalue weighted by Crippen LogP contribution is 2.66. The molecule has 2 saturated carbocycles. The van der Waals surface area contributed by atoms with Crippen LogP contribution in [0.4, 0.5) is 0 Å². The van der Waals surface area contributed by atoms with E-state index in [0.29, 0.717) is 29.3 Å². The summed E-state index contributed by atoms with van der Waals surface area (Å²) >= 11 is 0. The number of hydrogen-bond acceptors (Lipinski definition) is 3. The maximum absolute atomic E-state index is 5.03. The molecule has 2 fully saturated rings. The Kier molecular flexibility index (Phi) is 8.81. The Balaban J connectivity index is 0.977. The van der Waals surface area contributed by atoms with Crippen LogP contribution in [0, 0.1) is 23.7 Å². The smallest absolute Gasteiger partial charge is 0.164 e. The lowest BCUT2D eigenvalue weighted by molar-refractivity contribution is 0.0369. The third-order valence-electron chi connectivity index (χ3n) is 15.0. The highest BCUT2D eigenvalue weighted by molar-refractivity contribution is 6.09. The lowest BCUT2D eigenvalue weighted by Crippen LogP contribution is -2.49. The molecule has 3 aliphatic carbocycles. The zero-order valence-corrected chi connectivity index (χ0v) is 35.4. The van der Waals surface area contributed by atoms with Crippen LogP contribution in [-0.2, 0) is 5.41 Å². The predicted octanol–water partition coefficient (Wildman–Crippen LogP) is 15.3. The Labute approximate surface area is 364 Å². The Hall–Kier alpha value is -6.71. The van der Waals surface area contributed by atoms with E-state index < -0.39 is 0 Å². The van der Waals surface area contributed by atoms with E-state index in [-0.39, 0.29) is 5.41 Å². The Morgan fingerprint density at radius 3 is 1.73 bits per heavy atom. The van der Waals surface area contributed by atoms with Crippen molar-refractivity contribution >= 4 is 21.5 Å². The maximum Gasteiger partial charge on any atom is 0.164 e. The summed E-state index contributed by atoms with van der Waals surface area (Å²) in [7, 11) is 0. The van der Waals surface area contributed by atoms with Gasteiger partial charge in [0.15, 0.2) is 17.5 Å². The molecule has 0 aliphatic heterocycles. The highest BCUT2D eigenvalue weighted by atomic mass is 15.0. The van der Waals surface area contributed by atoms with Crippen molar-refractivity contribution in [1.82, 2.24) is 15.0 Å². The molecule has 9 aromatic rings. The molecule has 5 unspecified atom stereocenters. The van der Waals surface area contributed by atoms with Crippen LogP contribution in [0.2, 0.25) is 0 Å². The van der Waals surface area contributed by atoms with Crippen molar-refractivity contribution in [3.63, 3.8) is 0 Å². The normalized spacial score (nSPS) is 21.3. The molecule has 300 valence electrons. The summed E-state index contributed by atoms with van der Waals surface area (Å²) in [5, 5.41) is 5.39. The molecule has 1 heterocycles. The highest BCUT2D eigenvalue weighted by Gasteiger charge is 2.57. The summed E-state index contributed by atoms with van der Waals surface area (Å²) in [5.74, 6) is 4.91. The van der Waals surface area contributed by atoms with Gasteiger partial charge in [-0.05, 0) is 140 Å². The lowest BCUT2D eigenvalue weighted by Gasteiger charge is -2.54. The van der Waals surface area contributed by atoms with Crippen molar-refractivity contribution in [2.75, 3.05) is 0 Å². The molecule has 2 bridgehead atoms. The van der Waals surface area contributed by atoms with Crippen LogP contribution < -0.4 is 0 Å². The van der Waals surface area contributed by atoms with Gasteiger partial charge in [0.1, 0.15) is 0 Å². The molecule has 62 heavy (non-hydrogen) atoms. The average molecular weight is 800 g/mol. The summed E-state index contributed by atoms with van der Waals surface area (Å²) in [6.07, 6.45) is 6.72. The first kappa shape index (κ1) is 37.1. The van der Waals surface area contributed by atoms with Gasteiger partial charge in [-0.25, -0.2) is 15.0 Å². The van der Waals surface area contributed by atoms with Crippen LogP contribution in [0.3, 0.4) is 0 Å². The van der Waals surface area contributed by atoms with Gasteiger partial charge in [-0.3, -0.25) is 0 Å². The van der Waals surface area contributed by atoms with Crippen molar-refractivity contribution < 1.29 is 0 Å². The van der Waals surface area contributed by atoms with Crippen LogP contribution in [0.1, 0.15) is 57.1 Å². The number of aromatic nitrogens is 3. The van der Waals surface area contributed by atoms with Crippen molar-refractivity contribution in [2.24, 2.45) is 23.7 Å². The van der Waals surface area contributed by atoms with Gasteiger partial charge in [0, 0.05) is 22.1 Å². The van der Waals surface area contributed by atoms with Gasteiger partial charge in [-0.2, -0.15) is 0 Å². The number of hydrogen-bond donors (Lipinski definition) is 0. The minimum Gasteiger partial charge on any atom is -0.208 e. The molecule has 3 nitrogen and oxygen atoms in total. The van der Waals surface area contributed by atoms with E-state index >= 15 is 0 Å². The van der Waals surface area contributed by atoms with Crippen LogP contribution in [0.25, 0.3) is 89.1 Å². The van der Waals surface area contributed by atoms with Gasteiger partial charge in [-0.15, -0.1) is 0 Å². The topological polar surface area (TPSA) is 38.7 Å². The zero-order chi connectivity index (χ0) is 41.4. The first-order chi connectivity index (χ1) is 30.5. The standard InChI is InChI=1S/C59H49N3/c1-3-38-30-39-29-37(2)59(48(31-38)32-39)53-28-27-50-49(25-14-26-51(50)55(53)52-35-44-19-10-11-20-45(44)36-54(52)59)46-23-12-21-42(33-46)43-22-13-24-47(34-43)58-61-56(40-15-6-4-7-16-40)60-57(62-58)41-17-8-5-9-18-41/h4-28,33-39,48H,3,29-32H2,1-2H3. The van der Waals surface area contributed by atoms with Gasteiger partial charge < -0.3 is 0 Å². The molecule has 3 aliphatic rings. The molecule has 5 atom stereocenters. The number of fused-ring (bicyclic) bond motifs is 11. The summed E-state index contributed by atoms with van der Waals surface area (Å²) in [6.45, 7) is 5.01. The van der Waals surface area contributed by atoms with Crippen LogP contribution >= 0.6 is 0 Å². The fourth-order valence-corrected chi connectivity index (χ4v) is 12.3. The van der Waals surface area contributed by atoms with E-state index in [9.17, 15) is 0 Å². The second-order valence-electron chi connectivity index (χ2n) is 18.4. The maximum atomic E-state index is 5.03. The number of benzene rings is 8. The van der Waals surface area contributed by atoms with Gasteiger partial charge in [-0.1, -0.05) is 172 Å². The fraction of sp³-hybridized carbons (Fsp3) is 0.203. The average Bonchev–Trinajstić information content (AvgIpc) is 3.63. The molecule has 0 N–H and O–H groups in total. The Morgan fingerprint density at radius 1 is 0.452 bits per heavy atom. The molecule has 8 aromatic carbocycles. The first-order valence-electron chi connectivity index (χ1n) is 22.7. The number of nitrogens with zero attached hydrogens (tertiary/aromatic N) is 3. The van der Waals surface area contributed by atoms with Gasteiger partial charge >= 0.3 is 0 Å². The van der Waals surface area contributed by atoms with E-state index in [1.54, 1.807) is 11.1 Å². The zero-order valence-electron chi connectivity index (χ0n) is 35.4. The Bertz CT molecular complexity index is 3110. The quantitative estimate of drug-likeness (QED) is 0.168. The van der Waals surface area contributed by atoms with E-state index in [0.717, 1.165) is 39.7 Å².